The summed E-state index contributed by atoms with van der Waals surface area (Å²) >= 11 is 1.36. The second-order valence-corrected chi connectivity index (χ2v) is 5.06. The Balaban J connectivity index is 1.79. The van der Waals surface area contributed by atoms with Crippen LogP contribution in [0.5, 0.6) is 0 Å². The number of nitrogens with zero attached hydrogens (tertiary/aromatic N) is 2. The van der Waals surface area contributed by atoms with E-state index >= 15 is 0 Å². The lowest BCUT2D eigenvalue weighted by Crippen LogP contribution is -2.19. The molecular formula is C14H11N3OS. The number of nitrogens with one attached hydrogen (secondary N) is 1. The maximum absolute atomic E-state index is 11.0. The summed E-state index contributed by atoms with van der Waals surface area (Å²) in [5, 5.41) is 13.5. The van der Waals surface area contributed by atoms with Crippen molar-refractivity contribution in [1.29, 1.82) is 0 Å². The quantitative estimate of drug-likeness (QED) is 0.672. The minimum absolute atomic E-state index is 0.0235. The van der Waals surface area contributed by atoms with Gasteiger partial charge in [0, 0.05) is 0 Å². The predicted molar refractivity (Wildman–Crippen MR) is 79.6 cm³/mol. The van der Waals surface area contributed by atoms with Crippen molar-refractivity contribution in [3.63, 3.8) is 0 Å². The molecule has 1 amide bonds. The van der Waals surface area contributed by atoms with Crippen LogP contribution in [0.15, 0.2) is 52.7 Å². The number of fused-ring (bicyclic) bond motifs is 1. The van der Waals surface area contributed by atoms with Crippen LogP contribution in [0.25, 0.3) is 10.8 Å². The standard InChI is InChI=1S/C14H11N3OS/c18-13-9-19-14(16-13)17-15-8-10-5-6-11-3-1-2-4-12(11)7-10/h1-8H,9H2,(H,16,17,18). The third-order valence-electron chi connectivity index (χ3n) is 2.72. The van der Waals surface area contributed by atoms with Gasteiger partial charge in [0.1, 0.15) is 0 Å². The van der Waals surface area contributed by atoms with E-state index in [9.17, 15) is 4.79 Å². The van der Waals surface area contributed by atoms with Crippen molar-refractivity contribution in [2.75, 3.05) is 5.75 Å². The minimum Gasteiger partial charge on any atom is -0.303 e. The van der Waals surface area contributed by atoms with E-state index in [0.29, 0.717) is 10.9 Å². The summed E-state index contributed by atoms with van der Waals surface area (Å²) in [5.74, 6) is 0.397. The molecule has 19 heavy (non-hydrogen) atoms. The summed E-state index contributed by atoms with van der Waals surface area (Å²) < 4.78 is 0. The van der Waals surface area contributed by atoms with Gasteiger partial charge in [0.2, 0.25) is 5.91 Å². The molecule has 1 saturated heterocycles. The van der Waals surface area contributed by atoms with Gasteiger partial charge >= 0.3 is 0 Å². The monoisotopic (exact) mass is 269 g/mol. The number of hydrogen-bond donors (Lipinski definition) is 1. The van der Waals surface area contributed by atoms with E-state index < -0.39 is 0 Å². The van der Waals surface area contributed by atoms with Crippen LogP contribution in [-0.4, -0.2) is 23.0 Å². The van der Waals surface area contributed by atoms with Crippen molar-refractivity contribution in [3.8, 4) is 0 Å². The van der Waals surface area contributed by atoms with Gasteiger partial charge in [-0.05, 0) is 22.4 Å². The molecule has 4 nitrogen and oxygen atoms in total. The van der Waals surface area contributed by atoms with Crippen LogP contribution in [0.1, 0.15) is 5.56 Å². The molecule has 0 saturated carbocycles. The molecule has 0 aliphatic carbocycles. The summed E-state index contributed by atoms with van der Waals surface area (Å²) in [6.45, 7) is 0. The van der Waals surface area contributed by atoms with E-state index in [1.165, 1.54) is 22.5 Å². The molecule has 0 spiro atoms. The highest BCUT2D eigenvalue weighted by Gasteiger charge is 2.15. The first-order chi connectivity index (χ1) is 9.31. The molecule has 2 aromatic rings. The van der Waals surface area contributed by atoms with Gasteiger partial charge in [0.05, 0.1) is 12.0 Å². The van der Waals surface area contributed by atoms with Gasteiger partial charge in [0.15, 0.2) is 5.17 Å². The Hall–Kier alpha value is -2.14. The van der Waals surface area contributed by atoms with E-state index in [0.717, 1.165) is 5.56 Å². The fraction of sp³-hybridized carbons (Fsp3) is 0.0714. The molecule has 0 atom stereocenters. The summed E-state index contributed by atoms with van der Waals surface area (Å²) in [7, 11) is 0. The normalized spacial score (nSPS) is 17.5. The first kappa shape index (κ1) is 11.9. The third kappa shape index (κ3) is 2.82. The molecule has 1 fully saturated rings. The van der Waals surface area contributed by atoms with E-state index in [2.05, 4.69) is 39.8 Å². The van der Waals surface area contributed by atoms with E-state index in [-0.39, 0.29) is 5.91 Å². The van der Waals surface area contributed by atoms with Gasteiger partial charge in [-0.3, -0.25) is 4.79 Å². The summed E-state index contributed by atoms with van der Waals surface area (Å²) in [4.78, 5) is 11.0. The van der Waals surface area contributed by atoms with Crippen LogP contribution < -0.4 is 5.32 Å². The molecule has 94 valence electrons. The zero-order valence-corrected chi connectivity index (χ0v) is 10.9. The van der Waals surface area contributed by atoms with Gasteiger partial charge in [-0.25, -0.2) is 0 Å². The predicted octanol–water partition coefficient (Wildman–Crippen LogP) is 2.39. The number of amidine groups is 1. The Morgan fingerprint density at radius 1 is 1.16 bits per heavy atom. The molecule has 1 N–H and O–H groups in total. The first-order valence-electron chi connectivity index (χ1n) is 5.84. The second-order valence-electron chi connectivity index (χ2n) is 4.09. The number of rotatable bonds is 2. The number of carbonyl (C=O) groups is 1. The average Bonchev–Trinajstić information content (AvgIpc) is 2.84. The zero-order chi connectivity index (χ0) is 13.1. The second kappa shape index (κ2) is 5.24. The van der Waals surface area contributed by atoms with Crippen LogP contribution in [-0.2, 0) is 4.79 Å². The maximum Gasteiger partial charge on any atom is 0.236 e. The van der Waals surface area contributed by atoms with E-state index in [1.807, 2.05) is 18.2 Å². The SMILES string of the molecule is O=C1CSC(=NN=Cc2ccc3ccccc3c2)N1. The maximum atomic E-state index is 11.0. The molecule has 0 radical (unpaired) electrons. The molecule has 0 unspecified atom stereocenters. The summed E-state index contributed by atoms with van der Waals surface area (Å²) in [5.41, 5.74) is 0.984. The fourth-order valence-corrected chi connectivity index (χ4v) is 2.45. The van der Waals surface area contributed by atoms with E-state index in [4.69, 9.17) is 0 Å². The molecule has 1 aliphatic heterocycles. The lowest BCUT2D eigenvalue weighted by Gasteiger charge is -1.98. The molecule has 0 bridgehead atoms. The Bertz CT molecular complexity index is 694. The fourth-order valence-electron chi connectivity index (χ4n) is 1.82. The average molecular weight is 269 g/mol. The number of amides is 1. The zero-order valence-electron chi connectivity index (χ0n) is 10.0. The number of hydrogen-bond acceptors (Lipinski definition) is 4. The molecule has 2 aromatic carbocycles. The highest BCUT2D eigenvalue weighted by atomic mass is 32.2. The molecule has 0 aromatic heterocycles. The van der Waals surface area contributed by atoms with Crippen LogP contribution in [0.3, 0.4) is 0 Å². The number of thioether (sulfide) groups is 1. The van der Waals surface area contributed by atoms with Crippen LogP contribution in [0.4, 0.5) is 0 Å². The van der Waals surface area contributed by atoms with Crippen LogP contribution in [0, 0.1) is 0 Å². The molecule has 1 aliphatic rings. The van der Waals surface area contributed by atoms with Crippen molar-refractivity contribution in [2.24, 2.45) is 10.2 Å². The number of benzene rings is 2. The van der Waals surface area contributed by atoms with Gasteiger partial charge < -0.3 is 5.32 Å². The Morgan fingerprint density at radius 2 is 2.00 bits per heavy atom. The summed E-state index contributed by atoms with van der Waals surface area (Å²) in [6.07, 6.45) is 1.68. The molecule has 5 heteroatoms. The molecule has 1 heterocycles. The topological polar surface area (TPSA) is 53.8 Å². The molecular weight excluding hydrogens is 258 g/mol. The van der Waals surface area contributed by atoms with Crippen LogP contribution in [0.2, 0.25) is 0 Å². The van der Waals surface area contributed by atoms with Crippen molar-refractivity contribution in [3.05, 3.63) is 48.0 Å². The van der Waals surface area contributed by atoms with E-state index in [1.54, 1.807) is 6.21 Å². The smallest absolute Gasteiger partial charge is 0.236 e. The third-order valence-corrected chi connectivity index (χ3v) is 3.58. The highest BCUT2D eigenvalue weighted by Crippen LogP contribution is 2.14. The first-order valence-corrected chi connectivity index (χ1v) is 6.82. The van der Waals surface area contributed by atoms with Gasteiger partial charge in [-0.2, -0.15) is 5.10 Å². The Kier molecular flexibility index (Phi) is 3.29. The lowest BCUT2D eigenvalue weighted by molar-refractivity contribution is -0.116. The Labute approximate surface area is 114 Å². The summed E-state index contributed by atoms with van der Waals surface area (Å²) in [6, 6.07) is 14.3. The molecule has 3 rings (SSSR count). The van der Waals surface area contributed by atoms with Crippen molar-refractivity contribution >= 4 is 39.8 Å². The lowest BCUT2D eigenvalue weighted by atomic mass is 10.1. The Morgan fingerprint density at radius 3 is 2.79 bits per heavy atom. The van der Waals surface area contributed by atoms with Crippen molar-refractivity contribution in [1.82, 2.24) is 5.32 Å². The van der Waals surface area contributed by atoms with Gasteiger partial charge in [0.25, 0.3) is 0 Å². The van der Waals surface area contributed by atoms with Gasteiger partial charge in [-0.1, -0.05) is 48.2 Å². The minimum atomic E-state index is -0.0235. The number of carbonyl (C=O) groups excluding carboxylic acids is 1. The van der Waals surface area contributed by atoms with Crippen molar-refractivity contribution < 1.29 is 4.79 Å². The van der Waals surface area contributed by atoms with Gasteiger partial charge in [-0.15, -0.1) is 5.10 Å². The largest absolute Gasteiger partial charge is 0.303 e. The van der Waals surface area contributed by atoms with Crippen molar-refractivity contribution in [2.45, 2.75) is 0 Å². The van der Waals surface area contributed by atoms with Crippen LogP contribution >= 0.6 is 11.8 Å². The highest BCUT2D eigenvalue weighted by molar-refractivity contribution is 8.15.